The summed E-state index contributed by atoms with van der Waals surface area (Å²) in [6, 6.07) is 9.25. The third-order valence-corrected chi connectivity index (χ3v) is 5.12. The number of halogens is 2. The van der Waals surface area contributed by atoms with Crippen LogP contribution >= 0.6 is 11.3 Å². The molecule has 3 rings (SSSR count). The van der Waals surface area contributed by atoms with Gasteiger partial charge in [-0.2, -0.15) is 0 Å². The van der Waals surface area contributed by atoms with Crippen molar-refractivity contribution >= 4 is 22.9 Å². The number of thiazole rings is 1. The molecule has 1 N–H and O–H groups in total. The molecule has 0 saturated heterocycles. The van der Waals surface area contributed by atoms with Gasteiger partial charge < -0.3 is 5.32 Å². The Kier molecular flexibility index (Phi) is 4.63. The fraction of sp³-hybridized carbons (Fsp3) is 0.158. The lowest BCUT2D eigenvalue weighted by Crippen LogP contribution is -2.11. The molecule has 128 valence electrons. The average molecular weight is 358 g/mol. The van der Waals surface area contributed by atoms with Crippen molar-refractivity contribution in [3.63, 3.8) is 0 Å². The van der Waals surface area contributed by atoms with Crippen molar-refractivity contribution in [1.82, 2.24) is 4.98 Å². The van der Waals surface area contributed by atoms with Gasteiger partial charge in [-0.05, 0) is 56.2 Å². The van der Waals surface area contributed by atoms with Gasteiger partial charge in [-0.25, -0.2) is 13.8 Å². The minimum atomic E-state index is -0.699. The van der Waals surface area contributed by atoms with Gasteiger partial charge in [0.1, 0.15) is 21.5 Å². The second-order valence-electron chi connectivity index (χ2n) is 5.78. The lowest BCUT2D eigenvalue weighted by molar-refractivity contribution is 0.103. The van der Waals surface area contributed by atoms with Crippen LogP contribution in [0.15, 0.2) is 36.4 Å². The van der Waals surface area contributed by atoms with Gasteiger partial charge in [0.25, 0.3) is 5.91 Å². The van der Waals surface area contributed by atoms with Crippen LogP contribution in [0, 0.1) is 32.4 Å². The minimum absolute atomic E-state index is 0.151. The highest BCUT2D eigenvalue weighted by molar-refractivity contribution is 7.17. The summed E-state index contributed by atoms with van der Waals surface area (Å²) >= 11 is 0.972. The van der Waals surface area contributed by atoms with E-state index in [1.807, 2.05) is 32.0 Å². The zero-order valence-corrected chi connectivity index (χ0v) is 14.8. The first-order chi connectivity index (χ1) is 11.9. The second kappa shape index (κ2) is 6.72. The van der Waals surface area contributed by atoms with E-state index in [0.717, 1.165) is 22.5 Å². The van der Waals surface area contributed by atoms with Gasteiger partial charge in [0.2, 0.25) is 0 Å². The van der Waals surface area contributed by atoms with Crippen LogP contribution in [0.4, 0.5) is 14.5 Å². The first-order valence-electron chi connectivity index (χ1n) is 7.67. The van der Waals surface area contributed by atoms with Crippen molar-refractivity contribution in [2.75, 3.05) is 5.32 Å². The number of benzene rings is 2. The molecule has 0 unspecified atom stereocenters. The predicted molar refractivity (Wildman–Crippen MR) is 96.1 cm³/mol. The Balaban J connectivity index is 1.92. The van der Waals surface area contributed by atoms with Gasteiger partial charge >= 0.3 is 0 Å². The highest BCUT2D eigenvalue weighted by atomic mass is 32.1. The molecule has 0 radical (unpaired) electrons. The summed E-state index contributed by atoms with van der Waals surface area (Å²) < 4.78 is 27.9. The molecule has 0 aliphatic rings. The van der Waals surface area contributed by atoms with Crippen LogP contribution in [0.1, 0.15) is 26.5 Å². The standard InChI is InChI=1S/C19H16F2N2OS/c1-10-7-8-13(9-11(10)2)23-18(24)17-12(3)22-19(25-17)16-14(20)5-4-6-15(16)21/h4-9H,1-3H3,(H,23,24). The normalized spacial score (nSPS) is 10.8. The molecule has 0 aliphatic heterocycles. The van der Waals surface area contributed by atoms with Gasteiger partial charge in [-0.1, -0.05) is 12.1 Å². The molecule has 3 aromatic rings. The van der Waals surface area contributed by atoms with E-state index in [9.17, 15) is 13.6 Å². The minimum Gasteiger partial charge on any atom is -0.321 e. The number of aromatic nitrogens is 1. The summed E-state index contributed by atoms with van der Waals surface area (Å²) in [5.74, 6) is -1.74. The lowest BCUT2D eigenvalue weighted by atomic mass is 10.1. The summed E-state index contributed by atoms with van der Waals surface area (Å²) in [5.41, 5.74) is 3.08. The number of anilines is 1. The molecular formula is C19H16F2N2OS. The van der Waals surface area contributed by atoms with Crippen LogP contribution in [0.3, 0.4) is 0 Å². The Morgan fingerprint density at radius 1 is 1.04 bits per heavy atom. The highest BCUT2D eigenvalue weighted by Crippen LogP contribution is 2.32. The number of carbonyl (C=O) groups is 1. The van der Waals surface area contributed by atoms with E-state index in [2.05, 4.69) is 10.3 Å². The van der Waals surface area contributed by atoms with Gasteiger partial charge in [0, 0.05) is 5.69 Å². The molecule has 1 aromatic heterocycles. The van der Waals surface area contributed by atoms with Gasteiger partial charge in [0.15, 0.2) is 0 Å². The topological polar surface area (TPSA) is 42.0 Å². The molecule has 3 nitrogen and oxygen atoms in total. The first kappa shape index (κ1) is 17.2. The van der Waals surface area contributed by atoms with Crippen LogP contribution in [0.25, 0.3) is 10.6 Å². The molecule has 2 aromatic carbocycles. The zero-order valence-electron chi connectivity index (χ0n) is 14.0. The van der Waals surface area contributed by atoms with Gasteiger partial charge in [0.05, 0.1) is 11.3 Å². The monoisotopic (exact) mass is 358 g/mol. The number of amides is 1. The number of hydrogen-bond acceptors (Lipinski definition) is 3. The highest BCUT2D eigenvalue weighted by Gasteiger charge is 2.20. The van der Waals surface area contributed by atoms with E-state index >= 15 is 0 Å². The quantitative estimate of drug-likeness (QED) is 0.693. The third kappa shape index (κ3) is 3.44. The Morgan fingerprint density at radius 2 is 1.72 bits per heavy atom. The fourth-order valence-electron chi connectivity index (χ4n) is 2.42. The zero-order chi connectivity index (χ0) is 18.1. The van der Waals surface area contributed by atoms with E-state index in [1.54, 1.807) is 6.92 Å². The van der Waals surface area contributed by atoms with E-state index < -0.39 is 11.6 Å². The average Bonchev–Trinajstić information content (AvgIpc) is 2.92. The molecule has 0 spiro atoms. The van der Waals surface area contributed by atoms with E-state index in [0.29, 0.717) is 16.3 Å². The number of nitrogens with zero attached hydrogens (tertiary/aromatic N) is 1. The summed E-state index contributed by atoms with van der Waals surface area (Å²) in [5, 5.41) is 2.96. The van der Waals surface area contributed by atoms with Crippen LogP contribution in [-0.4, -0.2) is 10.9 Å². The van der Waals surface area contributed by atoms with Crippen LogP contribution in [-0.2, 0) is 0 Å². The smallest absolute Gasteiger partial charge is 0.267 e. The second-order valence-corrected chi connectivity index (χ2v) is 6.78. The maximum absolute atomic E-state index is 13.9. The largest absolute Gasteiger partial charge is 0.321 e. The van der Waals surface area contributed by atoms with Crippen molar-refractivity contribution in [3.8, 4) is 10.6 Å². The maximum Gasteiger partial charge on any atom is 0.267 e. The van der Waals surface area contributed by atoms with Crippen LogP contribution in [0.2, 0.25) is 0 Å². The summed E-state index contributed by atoms with van der Waals surface area (Å²) in [6.07, 6.45) is 0. The van der Waals surface area contributed by atoms with Crippen molar-refractivity contribution < 1.29 is 13.6 Å². The van der Waals surface area contributed by atoms with Gasteiger partial charge in [-0.3, -0.25) is 4.79 Å². The Morgan fingerprint density at radius 3 is 2.36 bits per heavy atom. The summed E-state index contributed by atoms with van der Waals surface area (Å²) in [4.78, 5) is 17.0. The van der Waals surface area contributed by atoms with E-state index in [4.69, 9.17) is 0 Å². The molecule has 0 saturated carbocycles. The molecule has 0 bridgehead atoms. The lowest BCUT2D eigenvalue weighted by Gasteiger charge is -2.06. The maximum atomic E-state index is 13.9. The molecular weight excluding hydrogens is 342 g/mol. The molecule has 0 aliphatic carbocycles. The predicted octanol–water partition coefficient (Wildman–Crippen LogP) is 5.27. The first-order valence-corrected chi connectivity index (χ1v) is 8.49. The molecule has 0 fully saturated rings. The van der Waals surface area contributed by atoms with Gasteiger partial charge in [-0.15, -0.1) is 11.3 Å². The Labute approximate surface area is 148 Å². The summed E-state index contributed by atoms with van der Waals surface area (Å²) in [6.45, 7) is 5.60. The van der Waals surface area contributed by atoms with Crippen molar-refractivity contribution in [3.05, 3.63) is 69.7 Å². The molecule has 1 amide bonds. The van der Waals surface area contributed by atoms with Crippen LogP contribution < -0.4 is 5.32 Å². The SMILES string of the molecule is Cc1ccc(NC(=O)c2sc(-c3c(F)cccc3F)nc2C)cc1C. The number of aryl methyl sites for hydroxylation is 3. The number of hydrogen-bond donors (Lipinski definition) is 1. The Bertz CT molecular complexity index is 946. The summed E-state index contributed by atoms with van der Waals surface area (Å²) in [7, 11) is 0. The molecule has 0 atom stereocenters. The fourth-order valence-corrected chi connectivity index (χ4v) is 3.43. The van der Waals surface area contributed by atoms with Crippen molar-refractivity contribution in [2.45, 2.75) is 20.8 Å². The number of rotatable bonds is 3. The molecule has 25 heavy (non-hydrogen) atoms. The van der Waals surface area contributed by atoms with E-state index in [1.165, 1.54) is 18.2 Å². The molecule has 1 heterocycles. The van der Waals surface area contributed by atoms with Crippen LogP contribution in [0.5, 0.6) is 0 Å². The number of carbonyl (C=O) groups excluding carboxylic acids is 1. The molecule has 6 heteroatoms. The van der Waals surface area contributed by atoms with Crippen molar-refractivity contribution in [1.29, 1.82) is 0 Å². The Hall–Kier alpha value is -2.60. The van der Waals surface area contributed by atoms with Crippen molar-refractivity contribution in [2.24, 2.45) is 0 Å². The van der Waals surface area contributed by atoms with E-state index in [-0.39, 0.29) is 16.5 Å². The number of nitrogens with one attached hydrogen (secondary N) is 1. The third-order valence-electron chi connectivity index (χ3n) is 3.94.